The molecular weight excluding hydrogens is 280 g/mol. The molecular formula is C21H40N2. The Morgan fingerprint density at radius 2 is 1.61 bits per heavy atom. The summed E-state index contributed by atoms with van der Waals surface area (Å²) in [4.78, 5) is 0. The second kappa shape index (κ2) is 7.87. The van der Waals surface area contributed by atoms with E-state index < -0.39 is 0 Å². The highest BCUT2D eigenvalue weighted by molar-refractivity contribution is 5.05. The topological polar surface area (TPSA) is 24.1 Å². The third kappa shape index (κ3) is 4.12. The maximum absolute atomic E-state index is 3.81. The smallest absolute Gasteiger partial charge is 0.00793 e. The third-order valence-corrected chi connectivity index (χ3v) is 7.67. The van der Waals surface area contributed by atoms with Gasteiger partial charge in [-0.3, -0.25) is 0 Å². The highest BCUT2D eigenvalue weighted by atomic mass is 15.0. The molecule has 0 saturated heterocycles. The first-order valence-corrected chi connectivity index (χ1v) is 10.5. The van der Waals surface area contributed by atoms with Crippen LogP contribution in [-0.4, -0.2) is 25.7 Å². The van der Waals surface area contributed by atoms with E-state index in [1.54, 1.807) is 0 Å². The normalized spacial score (nSPS) is 37.7. The van der Waals surface area contributed by atoms with Crippen molar-refractivity contribution < 1.29 is 0 Å². The minimum atomic E-state index is 0.621. The molecule has 0 heterocycles. The first-order chi connectivity index (χ1) is 11.1. The fourth-order valence-corrected chi connectivity index (χ4v) is 5.84. The van der Waals surface area contributed by atoms with Crippen molar-refractivity contribution in [1.82, 2.24) is 10.6 Å². The molecule has 2 bridgehead atoms. The second-order valence-electron chi connectivity index (χ2n) is 9.44. The fourth-order valence-electron chi connectivity index (χ4n) is 5.84. The van der Waals surface area contributed by atoms with Gasteiger partial charge in [0.05, 0.1) is 0 Å². The second-order valence-corrected chi connectivity index (χ2v) is 9.44. The maximum Gasteiger partial charge on any atom is 0.00793 e. The standard InChI is InChI=1S/C21H40N2/c1-16-13-17-14-20(21(17,2)3)19(16)15-22-11-12-23-18-9-7-5-4-6-8-10-18/h16-20,22-23H,4-15H2,1-3H3/t16-,17-,19+,20-/m0/s1. The van der Waals surface area contributed by atoms with Gasteiger partial charge in [-0.25, -0.2) is 0 Å². The molecule has 0 unspecified atom stereocenters. The number of fused-ring (bicyclic) bond motifs is 2. The minimum absolute atomic E-state index is 0.621. The van der Waals surface area contributed by atoms with Crippen LogP contribution in [0.2, 0.25) is 0 Å². The van der Waals surface area contributed by atoms with E-state index in [-0.39, 0.29) is 0 Å². The minimum Gasteiger partial charge on any atom is -0.315 e. The Hall–Kier alpha value is -0.0800. The van der Waals surface area contributed by atoms with Crippen molar-refractivity contribution in [2.24, 2.45) is 29.1 Å². The lowest BCUT2D eigenvalue weighted by Crippen LogP contribution is -2.57. The molecule has 134 valence electrons. The Kier molecular flexibility index (Phi) is 6.07. The Morgan fingerprint density at radius 3 is 2.30 bits per heavy atom. The summed E-state index contributed by atoms with van der Waals surface area (Å²) in [5, 5.41) is 7.60. The summed E-state index contributed by atoms with van der Waals surface area (Å²) in [6, 6.07) is 0.789. The van der Waals surface area contributed by atoms with Gasteiger partial charge in [-0.15, -0.1) is 0 Å². The van der Waals surface area contributed by atoms with E-state index in [9.17, 15) is 0 Å². The average molecular weight is 321 g/mol. The van der Waals surface area contributed by atoms with Gasteiger partial charge in [0.15, 0.2) is 0 Å². The van der Waals surface area contributed by atoms with Gasteiger partial charge < -0.3 is 10.6 Å². The molecule has 4 aliphatic rings. The Bertz CT molecular complexity index is 357. The number of hydrogen-bond donors (Lipinski definition) is 2. The summed E-state index contributed by atoms with van der Waals surface area (Å²) in [6.07, 6.45) is 13.0. The first-order valence-electron chi connectivity index (χ1n) is 10.5. The van der Waals surface area contributed by atoms with Crippen LogP contribution >= 0.6 is 0 Å². The molecule has 2 N–H and O–H groups in total. The fraction of sp³-hybridized carbons (Fsp3) is 1.00. The van der Waals surface area contributed by atoms with E-state index in [0.29, 0.717) is 5.41 Å². The molecule has 4 saturated carbocycles. The Morgan fingerprint density at radius 1 is 0.913 bits per heavy atom. The van der Waals surface area contributed by atoms with Crippen molar-refractivity contribution in [2.45, 2.75) is 84.6 Å². The quantitative estimate of drug-likeness (QED) is 0.699. The van der Waals surface area contributed by atoms with Gasteiger partial charge in [0.1, 0.15) is 0 Å². The van der Waals surface area contributed by atoms with Gasteiger partial charge in [0, 0.05) is 19.1 Å². The molecule has 4 atom stereocenters. The largest absolute Gasteiger partial charge is 0.315 e. The zero-order chi connectivity index (χ0) is 16.3. The van der Waals surface area contributed by atoms with Crippen LogP contribution in [0.4, 0.5) is 0 Å². The van der Waals surface area contributed by atoms with Crippen molar-refractivity contribution in [1.29, 1.82) is 0 Å². The molecule has 0 amide bonds. The maximum atomic E-state index is 3.81. The zero-order valence-corrected chi connectivity index (χ0v) is 15.9. The SMILES string of the molecule is C[C@H]1C[C@H]2C[C@@H]([C@@H]1CNCCNC1CCCCCCC1)C2(C)C. The molecule has 0 aromatic heterocycles. The van der Waals surface area contributed by atoms with Crippen molar-refractivity contribution >= 4 is 0 Å². The summed E-state index contributed by atoms with van der Waals surface area (Å²) in [6.45, 7) is 11.1. The van der Waals surface area contributed by atoms with Gasteiger partial charge in [-0.2, -0.15) is 0 Å². The van der Waals surface area contributed by atoms with E-state index in [1.165, 1.54) is 64.3 Å². The molecule has 23 heavy (non-hydrogen) atoms. The summed E-state index contributed by atoms with van der Waals surface area (Å²) < 4.78 is 0. The van der Waals surface area contributed by atoms with E-state index in [4.69, 9.17) is 0 Å². The van der Waals surface area contributed by atoms with Crippen LogP contribution in [0, 0.1) is 29.1 Å². The van der Waals surface area contributed by atoms with Gasteiger partial charge in [0.25, 0.3) is 0 Å². The molecule has 0 aromatic carbocycles. The summed E-state index contributed by atoms with van der Waals surface area (Å²) >= 11 is 0. The van der Waals surface area contributed by atoms with Crippen LogP contribution in [-0.2, 0) is 0 Å². The summed E-state index contributed by atoms with van der Waals surface area (Å²) in [5.74, 6) is 3.83. The lowest BCUT2D eigenvalue weighted by molar-refractivity contribution is -0.129. The van der Waals surface area contributed by atoms with Crippen LogP contribution in [0.1, 0.15) is 78.6 Å². The van der Waals surface area contributed by atoms with Crippen LogP contribution in [0.3, 0.4) is 0 Å². The monoisotopic (exact) mass is 320 g/mol. The lowest BCUT2D eigenvalue weighted by Gasteiger charge is -2.62. The molecule has 4 fully saturated rings. The van der Waals surface area contributed by atoms with Crippen molar-refractivity contribution in [3.63, 3.8) is 0 Å². The number of nitrogens with one attached hydrogen (secondary N) is 2. The predicted molar refractivity (Wildman–Crippen MR) is 99.6 cm³/mol. The van der Waals surface area contributed by atoms with Crippen molar-refractivity contribution in [3.8, 4) is 0 Å². The van der Waals surface area contributed by atoms with Crippen LogP contribution in [0.25, 0.3) is 0 Å². The van der Waals surface area contributed by atoms with Crippen LogP contribution in [0.5, 0.6) is 0 Å². The highest BCUT2D eigenvalue weighted by Crippen LogP contribution is 2.62. The number of hydrogen-bond acceptors (Lipinski definition) is 2. The van der Waals surface area contributed by atoms with E-state index >= 15 is 0 Å². The number of rotatable bonds is 6. The van der Waals surface area contributed by atoms with E-state index in [2.05, 4.69) is 31.4 Å². The Labute approximate surface area is 144 Å². The molecule has 0 radical (unpaired) electrons. The van der Waals surface area contributed by atoms with Crippen LogP contribution < -0.4 is 10.6 Å². The predicted octanol–water partition coefficient (Wildman–Crippen LogP) is 4.60. The highest BCUT2D eigenvalue weighted by Gasteiger charge is 2.56. The lowest BCUT2D eigenvalue weighted by atomic mass is 9.43. The molecule has 4 rings (SSSR count). The van der Waals surface area contributed by atoms with Gasteiger partial charge in [-0.05, 0) is 61.3 Å². The molecule has 4 aliphatic carbocycles. The first kappa shape index (κ1) is 17.7. The molecule has 2 heteroatoms. The van der Waals surface area contributed by atoms with E-state index in [0.717, 1.165) is 42.8 Å². The summed E-state index contributed by atoms with van der Waals surface area (Å²) in [5.41, 5.74) is 0.621. The van der Waals surface area contributed by atoms with Gasteiger partial charge >= 0.3 is 0 Å². The Balaban J connectivity index is 1.32. The molecule has 2 nitrogen and oxygen atoms in total. The summed E-state index contributed by atoms with van der Waals surface area (Å²) in [7, 11) is 0. The van der Waals surface area contributed by atoms with Crippen LogP contribution in [0.15, 0.2) is 0 Å². The zero-order valence-electron chi connectivity index (χ0n) is 15.9. The average Bonchev–Trinajstić information content (AvgIpc) is 2.49. The van der Waals surface area contributed by atoms with Crippen molar-refractivity contribution in [3.05, 3.63) is 0 Å². The molecule has 0 aromatic rings. The molecule has 0 spiro atoms. The molecule has 0 aliphatic heterocycles. The van der Waals surface area contributed by atoms with Gasteiger partial charge in [-0.1, -0.05) is 52.9 Å². The van der Waals surface area contributed by atoms with E-state index in [1.807, 2.05) is 0 Å². The van der Waals surface area contributed by atoms with Crippen molar-refractivity contribution in [2.75, 3.05) is 19.6 Å². The van der Waals surface area contributed by atoms with Gasteiger partial charge in [0.2, 0.25) is 0 Å². The third-order valence-electron chi connectivity index (χ3n) is 7.67.